The van der Waals surface area contributed by atoms with E-state index >= 15 is 0 Å². The molecule has 1 atom stereocenters. The third-order valence-electron chi connectivity index (χ3n) is 3.70. The largest absolute Gasteiger partial charge is 0.351 e. The summed E-state index contributed by atoms with van der Waals surface area (Å²) in [5.74, 6) is -3.61. The number of aryl methyl sites for hydroxylation is 1. The molecule has 1 unspecified atom stereocenters. The second-order valence-corrected chi connectivity index (χ2v) is 5.34. The van der Waals surface area contributed by atoms with E-state index in [4.69, 9.17) is 0 Å². The van der Waals surface area contributed by atoms with Crippen LogP contribution in [0.3, 0.4) is 0 Å². The van der Waals surface area contributed by atoms with Crippen LogP contribution in [0.4, 0.5) is 4.39 Å². The van der Waals surface area contributed by atoms with Gasteiger partial charge in [-0.05, 0) is 24.3 Å². The van der Waals surface area contributed by atoms with E-state index in [9.17, 15) is 23.6 Å². The van der Waals surface area contributed by atoms with E-state index < -0.39 is 34.7 Å². The van der Waals surface area contributed by atoms with Crippen LogP contribution in [-0.2, 0) is 16.6 Å². The summed E-state index contributed by atoms with van der Waals surface area (Å²) < 4.78 is 14.7. The molecule has 0 saturated carbocycles. The average Bonchev–Trinajstić information content (AvgIpc) is 2.58. The molecule has 9 nitrogen and oxygen atoms in total. The number of ketones is 1. The quantitative estimate of drug-likeness (QED) is 0.661. The summed E-state index contributed by atoms with van der Waals surface area (Å²) in [6, 6.07) is 4.68. The van der Waals surface area contributed by atoms with Crippen molar-refractivity contribution in [3.8, 4) is 5.69 Å². The van der Waals surface area contributed by atoms with E-state index in [1.54, 1.807) is 0 Å². The molecule has 1 aromatic heterocycles. The number of aromatic nitrogens is 3. The highest BCUT2D eigenvalue weighted by Crippen LogP contribution is 2.14. The second-order valence-electron chi connectivity index (χ2n) is 5.34. The highest BCUT2D eigenvalue weighted by Gasteiger charge is 2.35. The zero-order chi connectivity index (χ0) is 18.3. The van der Waals surface area contributed by atoms with Crippen molar-refractivity contribution in [1.29, 1.82) is 0 Å². The van der Waals surface area contributed by atoms with Crippen molar-refractivity contribution >= 4 is 17.9 Å². The van der Waals surface area contributed by atoms with E-state index in [-0.39, 0.29) is 11.4 Å². The number of hydrogen-bond donors (Lipinski definition) is 0. The van der Waals surface area contributed by atoms with Crippen LogP contribution in [0.5, 0.6) is 0 Å². The highest BCUT2D eigenvalue weighted by molar-refractivity contribution is 6.42. The number of hydrogen-bond acceptors (Lipinski definition) is 6. The first-order valence-electron chi connectivity index (χ1n) is 7.13. The van der Waals surface area contributed by atoms with Gasteiger partial charge in [-0.2, -0.15) is 10.2 Å². The highest BCUT2D eigenvalue weighted by atomic mass is 19.1. The van der Waals surface area contributed by atoms with Crippen molar-refractivity contribution in [2.75, 3.05) is 7.05 Å². The zero-order valence-corrected chi connectivity index (χ0v) is 13.2. The molecular formula is C15H12FN5O4. The van der Waals surface area contributed by atoms with Gasteiger partial charge in [0.2, 0.25) is 5.78 Å². The van der Waals surface area contributed by atoms with Gasteiger partial charge >= 0.3 is 11.6 Å². The van der Waals surface area contributed by atoms with Gasteiger partial charge in [0.25, 0.3) is 5.56 Å². The Bertz CT molecular complexity index is 1020. The van der Waals surface area contributed by atoms with Crippen molar-refractivity contribution in [2.45, 2.75) is 5.92 Å². The molecule has 1 aliphatic rings. The van der Waals surface area contributed by atoms with Gasteiger partial charge in [0.1, 0.15) is 17.4 Å². The normalized spacial score (nSPS) is 17.2. The minimum atomic E-state index is -1.30. The number of carbonyl (C=O) groups is 2. The molecule has 10 heteroatoms. The molecule has 128 valence electrons. The third-order valence-corrected chi connectivity index (χ3v) is 3.70. The monoisotopic (exact) mass is 345 g/mol. The number of benzene rings is 1. The summed E-state index contributed by atoms with van der Waals surface area (Å²) in [5, 5.41) is 8.41. The molecule has 0 fully saturated rings. The second kappa shape index (κ2) is 5.89. The SMILES string of the molecule is CN1N=CC(c2nn(C)c(=O)n(-c3ccc(F)cc3)c2=O)C(=O)C1=O. The minimum absolute atomic E-state index is 0.110. The van der Waals surface area contributed by atoms with Crippen molar-refractivity contribution in [1.82, 2.24) is 19.4 Å². The molecule has 0 saturated heterocycles. The van der Waals surface area contributed by atoms with Gasteiger partial charge in [-0.25, -0.2) is 23.4 Å². The summed E-state index contributed by atoms with van der Waals surface area (Å²) in [5.41, 5.74) is -1.86. The Morgan fingerprint density at radius 3 is 2.32 bits per heavy atom. The molecule has 0 spiro atoms. The molecule has 0 radical (unpaired) electrons. The molecule has 2 aromatic rings. The van der Waals surface area contributed by atoms with E-state index in [1.165, 1.54) is 26.2 Å². The van der Waals surface area contributed by atoms with Gasteiger partial charge in [-0.1, -0.05) is 0 Å². The van der Waals surface area contributed by atoms with E-state index in [1.807, 2.05) is 0 Å². The van der Waals surface area contributed by atoms with E-state index in [0.29, 0.717) is 0 Å². The molecule has 0 N–H and O–H groups in total. The fourth-order valence-corrected chi connectivity index (χ4v) is 2.38. The first-order chi connectivity index (χ1) is 11.8. The summed E-state index contributed by atoms with van der Waals surface area (Å²) in [7, 11) is 2.60. The van der Waals surface area contributed by atoms with E-state index in [2.05, 4.69) is 10.2 Å². The lowest BCUT2D eigenvalue weighted by molar-refractivity contribution is -0.144. The fraction of sp³-hybridized carbons (Fsp3) is 0.200. The Balaban J connectivity index is 2.24. The lowest BCUT2D eigenvalue weighted by atomic mass is 10.00. The Kier molecular flexibility index (Phi) is 3.87. The van der Waals surface area contributed by atoms with Crippen LogP contribution in [0, 0.1) is 5.82 Å². The zero-order valence-electron chi connectivity index (χ0n) is 13.2. The van der Waals surface area contributed by atoms with Gasteiger partial charge in [0.05, 0.1) is 5.69 Å². The Labute approximate surface area is 139 Å². The average molecular weight is 345 g/mol. The van der Waals surface area contributed by atoms with Gasteiger partial charge in [-0.3, -0.25) is 14.4 Å². The summed E-state index contributed by atoms with van der Waals surface area (Å²) in [6.45, 7) is 0. The number of nitrogens with zero attached hydrogens (tertiary/aromatic N) is 5. The maximum atomic E-state index is 13.1. The Hall–Kier alpha value is -3.43. The fourth-order valence-electron chi connectivity index (χ4n) is 2.38. The molecule has 1 aliphatic heterocycles. The molecule has 0 aliphatic carbocycles. The topological polar surface area (TPSA) is 107 Å². The van der Waals surface area contributed by atoms with Crippen molar-refractivity contribution in [3.63, 3.8) is 0 Å². The number of Topliss-reactive ketones (excluding diaryl/α,β-unsaturated/α-hetero) is 1. The molecule has 3 rings (SSSR count). The summed E-state index contributed by atoms with van der Waals surface area (Å²) in [6.07, 6.45) is 1.12. The Morgan fingerprint density at radius 1 is 1.04 bits per heavy atom. The van der Waals surface area contributed by atoms with Crippen LogP contribution in [-0.4, -0.2) is 44.3 Å². The van der Waals surface area contributed by atoms with Gasteiger partial charge < -0.3 is 0 Å². The number of hydrazone groups is 1. The van der Waals surface area contributed by atoms with Crippen LogP contribution in [0.2, 0.25) is 0 Å². The van der Waals surface area contributed by atoms with Crippen LogP contribution >= 0.6 is 0 Å². The number of likely N-dealkylation sites (N-methyl/N-ethyl adjacent to an activating group) is 1. The number of carbonyl (C=O) groups excluding carboxylic acids is 2. The molecule has 1 amide bonds. The van der Waals surface area contributed by atoms with Gasteiger partial charge in [0.15, 0.2) is 0 Å². The molecular weight excluding hydrogens is 333 g/mol. The molecule has 25 heavy (non-hydrogen) atoms. The van der Waals surface area contributed by atoms with Crippen LogP contribution in [0.15, 0.2) is 39.0 Å². The molecule has 2 heterocycles. The number of amides is 1. The number of halogens is 1. The van der Waals surface area contributed by atoms with Gasteiger partial charge in [0, 0.05) is 20.3 Å². The smallest absolute Gasteiger partial charge is 0.287 e. The predicted molar refractivity (Wildman–Crippen MR) is 84.0 cm³/mol. The lowest BCUT2D eigenvalue weighted by Crippen LogP contribution is -2.46. The Morgan fingerprint density at radius 2 is 1.68 bits per heavy atom. The molecule has 0 bridgehead atoms. The van der Waals surface area contributed by atoms with Crippen LogP contribution in [0.1, 0.15) is 11.6 Å². The predicted octanol–water partition coefficient (Wildman–Crippen LogP) is -0.819. The maximum absolute atomic E-state index is 13.1. The van der Waals surface area contributed by atoms with Gasteiger partial charge in [-0.15, -0.1) is 0 Å². The number of rotatable bonds is 2. The van der Waals surface area contributed by atoms with Crippen molar-refractivity contribution in [3.05, 3.63) is 56.6 Å². The first kappa shape index (κ1) is 16.4. The minimum Gasteiger partial charge on any atom is -0.287 e. The maximum Gasteiger partial charge on any atom is 0.351 e. The van der Waals surface area contributed by atoms with Crippen molar-refractivity contribution < 1.29 is 14.0 Å². The van der Waals surface area contributed by atoms with Crippen LogP contribution in [0.25, 0.3) is 5.69 Å². The lowest BCUT2D eigenvalue weighted by Gasteiger charge is -2.19. The molecule has 1 aromatic carbocycles. The standard InChI is InChI=1S/C15H12FN5O4/c1-19-14(24)12(22)10(7-17-19)11-13(23)21(15(25)20(2)18-11)9-5-3-8(16)4-6-9/h3-7,10H,1-2H3. The summed E-state index contributed by atoms with van der Waals surface area (Å²) >= 11 is 0. The summed E-state index contributed by atoms with van der Waals surface area (Å²) in [4.78, 5) is 48.9. The van der Waals surface area contributed by atoms with E-state index in [0.717, 1.165) is 32.6 Å². The van der Waals surface area contributed by atoms with Crippen LogP contribution < -0.4 is 11.2 Å². The first-order valence-corrected chi connectivity index (χ1v) is 7.13. The van der Waals surface area contributed by atoms with Crippen molar-refractivity contribution in [2.24, 2.45) is 12.1 Å². The third kappa shape index (κ3) is 2.67.